The van der Waals surface area contributed by atoms with Crippen LogP contribution in [0.1, 0.15) is 42.5 Å². The van der Waals surface area contributed by atoms with E-state index in [1.807, 2.05) is 0 Å². The van der Waals surface area contributed by atoms with E-state index in [-0.39, 0.29) is 0 Å². The number of furan rings is 1. The number of benzene rings is 8. The lowest BCUT2D eigenvalue weighted by molar-refractivity contribution is 0.672. The van der Waals surface area contributed by atoms with Gasteiger partial charge >= 0.3 is 0 Å². The molecule has 9 rings (SSSR count). The van der Waals surface area contributed by atoms with E-state index in [4.69, 9.17) is 33.2 Å². The van der Waals surface area contributed by atoms with Gasteiger partial charge in [0.15, 0.2) is 0 Å². The maximum Gasteiger partial charge on any atom is 0.143 e. The molecule has 0 saturated heterocycles. The summed E-state index contributed by atoms with van der Waals surface area (Å²) in [6, 6.07) is -32.7. The average molecular weight is 645 g/mol. The van der Waals surface area contributed by atoms with Gasteiger partial charge in [0, 0.05) is 22.1 Å². The van der Waals surface area contributed by atoms with Crippen LogP contribution in [0.4, 0.5) is 17.1 Å². The topological polar surface area (TPSA) is 16.4 Å². The van der Waals surface area contributed by atoms with Crippen LogP contribution in [0.3, 0.4) is 0 Å². The van der Waals surface area contributed by atoms with Crippen molar-refractivity contribution in [2.24, 2.45) is 0 Å². The summed E-state index contributed by atoms with van der Waals surface area (Å²) in [6.45, 7) is 0. The van der Waals surface area contributed by atoms with E-state index in [0.29, 0.717) is 4.90 Å². The Hall–Kier alpha value is -6.38. The fraction of sp³-hybridized carbons (Fsp3) is 0. The third-order valence-corrected chi connectivity index (χ3v) is 7.06. The van der Waals surface area contributed by atoms with Crippen molar-refractivity contribution in [3.8, 4) is 33.4 Å². The second kappa shape index (κ2) is 11.8. The molecule has 0 aliphatic rings. The molecule has 0 fully saturated rings. The van der Waals surface area contributed by atoms with Crippen LogP contribution in [0, 0.1) is 0 Å². The second-order valence-corrected chi connectivity index (χ2v) is 9.77. The van der Waals surface area contributed by atoms with Crippen LogP contribution in [0.5, 0.6) is 0 Å². The lowest BCUT2D eigenvalue weighted by atomic mass is 9.95. The Bertz CT molecular complexity index is 4060. The molecule has 0 atom stereocenters. The average Bonchev–Trinajstić information content (AvgIpc) is 3.28. The van der Waals surface area contributed by atoms with Gasteiger partial charge in [0.05, 0.1) is 53.6 Å². The summed E-state index contributed by atoms with van der Waals surface area (Å²) in [4.78, 5) is 0.365. The summed E-state index contributed by atoms with van der Waals surface area (Å²) in [5.41, 5.74) is -10.2. The fourth-order valence-corrected chi connectivity index (χ4v) is 5.01. The first-order valence-corrected chi connectivity index (χ1v) is 13.8. The van der Waals surface area contributed by atoms with E-state index in [1.165, 1.54) is 0 Å². The largest absolute Gasteiger partial charge is 0.455 e. The highest BCUT2D eigenvalue weighted by Crippen LogP contribution is 2.46. The fourth-order valence-electron chi connectivity index (χ4n) is 5.01. The van der Waals surface area contributed by atoms with Gasteiger partial charge in [0.2, 0.25) is 0 Å². The van der Waals surface area contributed by atoms with Crippen LogP contribution in [0.25, 0.3) is 66.1 Å². The van der Waals surface area contributed by atoms with Crippen molar-refractivity contribution in [2.45, 2.75) is 0 Å². The van der Waals surface area contributed by atoms with Crippen molar-refractivity contribution in [1.29, 1.82) is 0 Å². The van der Waals surface area contributed by atoms with Crippen LogP contribution in [0.15, 0.2) is 192 Å². The van der Waals surface area contributed by atoms with E-state index >= 15 is 0 Å². The molecule has 0 unspecified atom stereocenters. The lowest BCUT2D eigenvalue weighted by Crippen LogP contribution is -2.10. The van der Waals surface area contributed by atoms with Gasteiger partial charge in [-0.1, -0.05) is 145 Å². The Kier molecular flexibility index (Phi) is 2.59. The number of fused-ring (bicyclic) bond motifs is 5. The number of nitrogens with zero attached hydrogens (tertiary/aromatic N) is 1. The summed E-state index contributed by atoms with van der Waals surface area (Å²) in [5, 5.41) is -2.95. The Balaban J connectivity index is 1.59. The SMILES string of the molecule is [2H]c1c([2H])c([2H])c(-c2c([2H])c([2H])c(N(c3c([2H])c([2H])c(-c4c([2H])c([2H])c([2H])c([2H])c4[2H])c([2H])c3[2H])c3c([2H])c([2H])c([2H])c4oc5c6c([2H])c([2H])c([2H])c([2H])c6c(-c6c([2H])c([2H])c([2H])c([2H])c6[2H])c([2H])c5c34)c([2H])c2[2H])c([2H])c1[2H]. The zero-order valence-electron chi connectivity index (χ0n) is 54.9. The lowest BCUT2D eigenvalue weighted by Gasteiger charge is -2.26. The minimum absolute atomic E-state index is 0.365. The molecule has 0 saturated carbocycles. The molecule has 2 heteroatoms. The van der Waals surface area contributed by atoms with Crippen LogP contribution in [-0.4, -0.2) is 0 Å². The van der Waals surface area contributed by atoms with Crippen LogP contribution in [0.2, 0.25) is 0 Å². The minimum Gasteiger partial charge on any atom is -0.455 e. The molecule has 226 valence electrons. The van der Waals surface area contributed by atoms with Crippen LogP contribution >= 0.6 is 0 Å². The third kappa shape index (κ3) is 4.83. The summed E-state index contributed by atoms with van der Waals surface area (Å²) < 4.78 is 283. The highest BCUT2D eigenvalue weighted by Gasteiger charge is 2.22. The molecule has 0 spiro atoms. The highest BCUT2D eigenvalue weighted by molar-refractivity contribution is 6.22. The van der Waals surface area contributed by atoms with Gasteiger partial charge in [-0.2, -0.15) is 0 Å². The molecule has 8 aromatic carbocycles. The van der Waals surface area contributed by atoms with Gasteiger partial charge in [-0.05, 0) is 81.1 Å². The van der Waals surface area contributed by atoms with Gasteiger partial charge in [-0.25, -0.2) is 0 Å². The molecule has 0 N–H and O–H groups in total. The zero-order chi connectivity index (χ0) is 58.8. The summed E-state index contributed by atoms with van der Waals surface area (Å²) >= 11 is 0. The van der Waals surface area contributed by atoms with Gasteiger partial charge < -0.3 is 9.32 Å². The van der Waals surface area contributed by atoms with Crippen molar-refractivity contribution >= 4 is 49.8 Å². The van der Waals surface area contributed by atoms with Crippen LogP contribution < -0.4 is 4.90 Å². The smallest absolute Gasteiger partial charge is 0.143 e. The molecular formula is C46H31NO. The standard InChI is InChI=1S/C46H31NO/c1-4-13-32(14-5-1)34-23-27-37(28-24-34)47(38-29-25-35(26-30-38)33-15-6-2-7-16-33)43-21-12-22-44-45(43)42-31-41(36-17-8-3-9-18-36)39-19-10-11-20-40(39)46(42)48-44/h1-31H/i1D,2D,3D,4D,5D,6D,7D,8D,9D,10D,11D,12D,13D,14D,15D,16D,17D,18D,19D,20D,21D,22D,23D,24D,25D,26D,27D,28D,29D,30D,31D. The van der Waals surface area contributed by atoms with Gasteiger partial charge in [-0.3, -0.25) is 0 Å². The van der Waals surface area contributed by atoms with E-state index in [2.05, 4.69) is 0 Å². The normalized spacial score (nSPS) is 20.4. The van der Waals surface area contributed by atoms with E-state index in [0.717, 1.165) is 0 Å². The molecule has 0 amide bonds. The van der Waals surface area contributed by atoms with E-state index in [9.17, 15) is 13.7 Å². The van der Waals surface area contributed by atoms with Crippen molar-refractivity contribution in [1.82, 2.24) is 0 Å². The predicted molar refractivity (Wildman–Crippen MR) is 202 cm³/mol. The van der Waals surface area contributed by atoms with Crippen molar-refractivity contribution in [3.05, 3.63) is 187 Å². The Morgan fingerprint density at radius 3 is 1.44 bits per heavy atom. The maximum absolute atomic E-state index is 9.95. The first-order chi connectivity index (χ1) is 36.7. The first-order valence-electron chi connectivity index (χ1n) is 29.3. The molecule has 0 aliphatic carbocycles. The summed E-state index contributed by atoms with van der Waals surface area (Å²) in [6.07, 6.45) is 0. The Morgan fingerprint density at radius 2 is 0.875 bits per heavy atom. The molecule has 0 aliphatic heterocycles. The monoisotopic (exact) mass is 644 g/mol. The summed E-state index contributed by atoms with van der Waals surface area (Å²) in [7, 11) is 0. The van der Waals surface area contributed by atoms with Crippen LogP contribution in [-0.2, 0) is 0 Å². The van der Waals surface area contributed by atoms with Crippen molar-refractivity contribution in [2.75, 3.05) is 4.90 Å². The zero-order valence-corrected chi connectivity index (χ0v) is 23.9. The molecular weight excluding hydrogens is 583 g/mol. The molecule has 1 aromatic heterocycles. The number of rotatable bonds is 6. The van der Waals surface area contributed by atoms with Crippen molar-refractivity contribution < 1.29 is 46.9 Å². The maximum atomic E-state index is 9.95. The number of hydrogen-bond acceptors (Lipinski definition) is 2. The number of anilines is 3. The quantitative estimate of drug-likeness (QED) is 0.179. The van der Waals surface area contributed by atoms with E-state index in [1.54, 1.807) is 0 Å². The third-order valence-electron chi connectivity index (χ3n) is 7.06. The molecule has 0 bridgehead atoms. The number of hydrogen-bond donors (Lipinski definition) is 0. The molecule has 2 nitrogen and oxygen atoms in total. The predicted octanol–water partition coefficient (Wildman–Crippen LogP) is 13.2. The molecule has 9 aromatic rings. The molecule has 1 heterocycles. The first kappa shape index (κ1) is 10.6. The summed E-state index contributed by atoms with van der Waals surface area (Å²) in [5.74, 6) is 0. The van der Waals surface area contributed by atoms with Crippen molar-refractivity contribution in [3.63, 3.8) is 0 Å². The highest BCUT2D eigenvalue weighted by atomic mass is 16.3. The molecule has 0 radical (unpaired) electrons. The Morgan fingerprint density at radius 1 is 0.396 bits per heavy atom. The Labute approximate surface area is 323 Å². The van der Waals surface area contributed by atoms with Gasteiger partial charge in [-0.15, -0.1) is 0 Å². The van der Waals surface area contributed by atoms with E-state index < -0.39 is 270 Å². The second-order valence-electron chi connectivity index (χ2n) is 9.77. The van der Waals surface area contributed by atoms with Gasteiger partial charge in [0.25, 0.3) is 0 Å². The molecule has 48 heavy (non-hydrogen) atoms. The van der Waals surface area contributed by atoms with Gasteiger partial charge in [0.1, 0.15) is 11.2 Å². The minimum atomic E-state index is -1.29.